The van der Waals surface area contributed by atoms with Crippen LogP contribution >= 0.6 is 0 Å². The van der Waals surface area contributed by atoms with Gasteiger partial charge in [-0.2, -0.15) is 5.10 Å². The number of aliphatic hydroxyl groups is 1. The highest BCUT2D eigenvalue weighted by Gasteiger charge is 2.10. The van der Waals surface area contributed by atoms with Gasteiger partial charge >= 0.3 is 0 Å². The second kappa shape index (κ2) is 7.23. The first-order chi connectivity index (χ1) is 11.7. The summed E-state index contributed by atoms with van der Waals surface area (Å²) in [6.07, 6.45) is 0. The van der Waals surface area contributed by atoms with E-state index in [4.69, 9.17) is 0 Å². The number of nitrogens with zero attached hydrogens (tertiary/aromatic N) is 2. The van der Waals surface area contributed by atoms with E-state index in [1.54, 1.807) is 4.68 Å². The molecule has 2 aromatic carbocycles. The highest BCUT2D eigenvalue weighted by molar-refractivity contribution is 5.63. The zero-order valence-electron chi connectivity index (χ0n) is 12.9. The molecule has 0 aliphatic carbocycles. The number of hydrogen-bond acceptors (Lipinski definition) is 3. The third-order valence-electron chi connectivity index (χ3n) is 3.63. The van der Waals surface area contributed by atoms with Gasteiger partial charge in [0, 0.05) is 23.7 Å². The second-order valence-electron chi connectivity index (χ2n) is 5.32. The molecule has 0 bridgehead atoms. The molecule has 0 spiro atoms. The Morgan fingerprint density at radius 1 is 1.04 bits per heavy atom. The van der Waals surface area contributed by atoms with Crippen LogP contribution < -0.4 is 5.32 Å². The van der Waals surface area contributed by atoms with Crippen molar-refractivity contribution in [3.63, 3.8) is 0 Å². The molecule has 0 aliphatic heterocycles. The SMILES string of the molecule is OCCn1nc(-c2ccccc2)cc1NCc1cc(F)ccc1F. The van der Waals surface area contributed by atoms with Gasteiger partial charge < -0.3 is 10.4 Å². The van der Waals surface area contributed by atoms with E-state index in [2.05, 4.69) is 10.4 Å². The molecule has 1 heterocycles. The lowest BCUT2D eigenvalue weighted by Gasteiger charge is -2.09. The van der Waals surface area contributed by atoms with Gasteiger partial charge in [0.05, 0.1) is 18.8 Å². The Hall–Kier alpha value is -2.73. The second-order valence-corrected chi connectivity index (χ2v) is 5.32. The van der Waals surface area contributed by atoms with E-state index >= 15 is 0 Å². The van der Waals surface area contributed by atoms with Crippen molar-refractivity contribution < 1.29 is 13.9 Å². The van der Waals surface area contributed by atoms with Crippen LogP contribution in [-0.2, 0) is 13.1 Å². The highest BCUT2D eigenvalue weighted by atomic mass is 19.1. The maximum Gasteiger partial charge on any atom is 0.128 e. The van der Waals surface area contributed by atoms with Crippen molar-refractivity contribution >= 4 is 5.82 Å². The number of hydrogen-bond donors (Lipinski definition) is 2. The fraction of sp³-hybridized carbons (Fsp3) is 0.167. The third-order valence-corrected chi connectivity index (χ3v) is 3.63. The molecule has 3 rings (SSSR count). The standard InChI is InChI=1S/C18H17F2N3O/c19-15-6-7-16(20)14(10-15)12-21-18-11-17(22-23(18)8-9-24)13-4-2-1-3-5-13/h1-7,10-11,21,24H,8-9,12H2. The van der Waals surface area contributed by atoms with Gasteiger partial charge in [-0.15, -0.1) is 0 Å². The summed E-state index contributed by atoms with van der Waals surface area (Å²) in [6.45, 7) is 0.356. The molecule has 0 saturated carbocycles. The van der Waals surface area contributed by atoms with Gasteiger partial charge in [-0.3, -0.25) is 0 Å². The minimum atomic E-state index is -0.484. The molecule has 0 fully saturated rings. The summed E-state index contributed by atoms with van der Waals surface area (Å²) in [6, 6.07) is 14.8. The maximum absolute atomic E-state index is 13.7. The highest BCUT2D eigenvalue weighted by Crippen LogP contribution is 2.22. The first-order valence-corrected chi connectivity index (χ1v) is 7.59. The summed E-state index contributed by atoms with van der Waals surface area (Å²) in [5.74, 6) is -0.325. The number of benzene rings is 2. The number of anilines is 1. The van der Waals surface area contributed by atoms with Crippen molar-refractivity contribution in [2.75, 3.05) is 11.9 Å². The average Bonchev–Trinajstić information content (AvgIpc) is 3.00. The molecule has 24 heavy (non-hydrogen) atoms. The fourth-order valence-corrected chi connectivity index (χ4v) is 2.44. The number of aliphatic hydroxyl groups excluding tert-OH is 1. The quantitative estimate of drug-likeness (QED) is 0.728. The van der Waals surface area contributed by atoms with Crippen LogP contribution in [0.25, 0.3) is 11.3 Å². The predicted molar refractivity (Wildman–Crippen MR) is 88.4 cm³/mol. The fourth-order valence-electron chi connectivity index (χ4n) is 2.44. The Balaban J connectivity index is 1.84. The smallest absolute Gasteiger partial charge is 0.128 e. The number of nitrogens with one attached hydrogen (secondary N) is 1. The number of halogens is 2. The van der Waals surface area contributed by atoms with Gasteiger partial charge in [0.15, 0.2) is 0 Å². The topological polar surface area (TPSA) is 50.1 Å². The lowest BCUT2D eigenvalue weighted by molar-refractivity contribution is 0.270. The van der Waals surface area contributed by atoms with Crippen LogP contribution in [0.3, 0.4) is 0 Å². The first-order valence-electron chi connectivity index (χ1n) is 7.59. The molecule has 0 atom stereocenters. The van der Waals surface area contributed by atoms with E-state index in [9.17, 15) is 13.9 Å². The lowest BCUT2D eigenvalue weighted by Crippen LogP contribution is -2.11. The van der Waals surface area contributed by atoms with Crippen LogP contribution in [0.5, 0.6) is 0 Å². The van der Waals surface area contributed by atoms with Crippen molar-refractivity contribution in [2.45, 2.75) is 13.1 Å². The van der Waals surface area contributed by atoms with Crippen molar-refractivity contribution in [3.05, 3.63) is 71.8 Å². The molecule has 0 radical (unpaired) electrons. The summed E-state index contributed by atoms with van der Waals surface area (Å²) in [7, 11) is 0. The zero-order valence-corrected chi connectivity index (χ0v) is 12.9. The minimum Gasteiger partial charge on any atom is -0.394 e. The van der Waals surface area contributed by atoms with E-state index in [-0.39, 0.29) is 18.7 Å². The molecule has 0 aliphatic rings. The monoisotopic (exact) mass is 329 g/mol. The Morgan fingerprint density at radius 2 is 1.83 bits per heavy atom. The minimum absolute atomic E-state index is 0.0705. The molecule has 1 aromatic heterocycles. The molecule has 124 valence electrons. The molecular weight excluding hydrogens is 312 g/mol. The molecule has 0 saturated heterocycles. The van der Waals surface area contributed by atoms with Gasteiger partial charge in [0.2, 0.25) is 0 Å². The molecule has 0 unspecified atom stereocenters. The van der Waals surface area contributed by atoms with Crippen LogP contribution in [-0.4, -0.2) is 21.5 Å². The van der Waals surface area contributed by atoms with Crippen LogP contribution in [0, 0.1) is 11.6 Å². The Morgan fingerprint density at radius 3 is 2.58 bits per heavy atom. The van der Waals surface area contributed by atoms with Gasteiger partial charge in [-0.1, -0.05) is 30.3 Å². The van der Waals surface area contributed by atoms with Crippen LogP contribution in [0.15, 0.2) is 54.6 Å². The van der Waals surface area contributed by atoms with Crippen LogP contribution in [0.1, 0.15) is 5.56 Å². The van der Waals surface area contributed by atoms with Crippen molar-refractivity contribution in [1.29, 1.82) is 0 Å². The third kappa shape index (κ3) is 3.60. The molecular formula is C18H17F2N3O. The Bertz CT molecular complexity index is 818. The van der Waals surface area contributed by atoms with Crippen molar-refractivity contribution in [2.24, 2.45) is 0 Å². The normalized spacial score (nSPS) is 10.8. The van der Waals surface area contributed by atoms with E-state index in [0.717, 1.165) is 29.5 Å². The van der Waals surface area contributed by atoms with Gasteiger partial charge in [-0.25, -0.2) is 13.5 Å². The zero-order chi connectivity index (χ0) is 16.9. The van der Waals surface area contributed by atoms with E-state index in [1.807, 2.05) is 36.4 Å². The van der Waals surface area contributed by atoms with Crippen molar-refractivity contribution in [3.8, 4) is 11.3 Å². The number of aromatic nitrogens is 2. The molecule has 0 amide bonds. The largest absolute Gasteiger partial charge is 0.394 e. The summed E-state index contributed by atoms with van der Waals surface area (Å²) in [4.78, 5) is 0. The predicted octanol–water partition coefficient (Wildman–Crippen LogP) is 3.43. The van der Waals surface area contributed by atoms with Crippen LogP contribution in [0.4, 0.5) is 14.6 Å². The molecule has 2 N–H and O–H groups in total. The van der Waals surface area contributed by atoms with Gasteiger partial charge in [-0.05, 0) is 18.2 Å². The van der Waals surface area contributed by atoms with E-state index < -0.39 is 11.6 Å². The summed E-state index contributed by atoms with van der Waals surface area (Å²) >= 11 is 0. The van der Waals surface area contributed by atoms with Crippen molar-refractivity contribution in [1.82, 2.24) is 9.78 Å². The van der Waals surface area contributed by atoms with Gasteiger partial charge in [0.1, 0.15) is 17.5 Å². The Kier molecular flexibility index (Phi) is 4.86. The summed E-state index contributed by atoms with van der Waals surface area (Å²) in [5, 5.41) is 16.7. The van der Waals surface area contributed by atoms with Gasteiger partial charge in [0.25, 0.3) is 0 Å². The summed E-state index contributed by atoms with van der Waals surface area (Å²) < 4.78 is 28.6. The maximum atomic E-state index is 13.7. The van der Waals surface area contributed by atoms with E-state index in [1.165, 1.54) is 0 Å². The number of rotatable bonds is 6. The Labute approximate surface area is 138 Å². The molecule has 6 heteroatoms. The van der Waals surface area contributed by atoms with Crippen LogP contribution in [0.2, 0.25) is 0 Å². The molecule has 3 aromatic rings. The first kappa shape index (κ1) is 16.1. The summed E-state index contributed by atoms with van der Waals surface area (Å²) in [5.41, 5.74) is 1.91. The van der Waals surface area contributed by atoms with E-state index in [0.29, 0.717) is 12.4 Å². The lowest BCUT2D eigenvalue weighted by atomic mass is 10.1. The molecule has 4 nitrogen and oxygen atoms in total. The average molecular weight is 329 g/mol.